The van der Waals surface area contributed by atoms with Crippen LogP contribution in [0.15, 0.2) is 34.1 Å². The van der Waals surface area contributed by atoms with Gasteiger partial charge in [-0.15, -0.1) is 0 Å². The minimum absolute atomic E-state index is 0.0347. The quantitative estimate of drug-likeness (QED) is 0.679. The van der Waals surface area contributed by atoms with Crippen LogP contribution in [-0.2, 0) is 27.5 Å². The molecule has 2 N–H and O–H groups in total. The number of aromatic nitrogens is 2. The fourth-order valence-electron chi connectivity index (χ4n) is 1.43. The Labute approximate surface area is 144 Å². The van der Waals surface area contributed by atoms with Crippen molar-refractivity contribution >= 4 is 10.1 Å². The molecule has 8 heteroatoms. The Bertz CT molecular complexity index is 758. The van der Waals surface area contributed by atoms with E-state index in [9.17, 15) is 9.59 Å². The Kier molecular flexibility index (Phi) is 9.15. The van der Waals surface area contributed by atoms with E-state index in [4.69, 9.17) is 20.3 Å². The molecule has 0 saturated carbocycles. The van der Waals surface area contributed by atoms with Crippen LogP contribution in [0.1, 0.15) is 11.4 Å². The zero-order chi connectivity index (χ0) is 18.2. The molecule has 2 rings (SSSR count). The Balaban J connectivity index is 0.000000360. The van der Waals surface area contributed by atoms with Gasteiger partial charge >= 0.3 is 28.7 Å². The second-order valence-electron chi connectivity index (χ2n) is 4.53. The van der Waals surface area contributed by atoms with E-state index in [1.54, 1.807) is 49.5 Å². The van der Waals surface area contributed by atoms with Crippen molar-refractivity contribution in [3.63, 3.8) is 0 Å². The molecule has 23 heavy (non-hydrogen) atoms. The zero-order valence-electron chi connectivity index (χ0n) is 13.2. The normalized spacial score (nSPS) is 9.04. The second-order valence-corrected chi connectivity index (χ2v) is 5.47. The van der Waals surface area contributed by atoms with Crippen molar-refractivity contribution < 1.29 is 23.6 Å². The van der Waals surface area contributed by atoms with Gasteiger partial charge in [0.05, 0.1) is 11.4 Å². The monoisotopic (exact) mass is 381 g/mol. The standard InChI is InChI=1S/2C7H9NO2.CH.ClH.Mn/c2*1-5-7(10)6(9)3-4-8(5)2;;;/h2*3-4,10H,1-2H3;2*1H;/q;;;;+1/p-1. The number of aryl methyl sites for hydroxylation is 2. The molecule has 0 atom stereocenters. The van der Waals surface area contributed by atoms with Crippen molar-refractivity contribution in [2.24, 2.45) is 14.1 Å². The van der Waals surface area contributed by atoms with Crippen LogP contribution in [0.2, 0.25) is 0 Å². The van der Waals surface area contributed by atoms with E-state index >= 15 is 0 Å². The molecule has 0 unspecified atom stereocenters. The number of aromatic hydroxyl groups is 2. The van der Waals surface area contributed by atoms with Crippen LogP contribution in [0.3, 0.4) is 0 Å². The van der Waals surface area contributed by atoms with E-state index in [0.717, 1.165) is 0 Å². The zero-order valence-corrected chi connectivity index (χ0v) is 15.2. The van der Waals surface area contributed by atoms with Gasteiger partial charge in [0, 0.05) is 38.6 Å². The van der Waals surface area contributed by atoms with Crippen LogP contribution >= 0.6 is 10.1 Å². The van der Waals surface area contributed by atoms with Crippen molar-refractivity contribution in [1.82, 2.24) is 9.13 Å². The van der Waals surface area contributed by atoms with Crippen molar-refractivity contribution in [3.8, 4) is 16.7 Å². The van der Waals surface area contributed by atoms with Crippen molar-refractivity contribution in [1.29, 1.82) is 0 Å². The summed E-state index contributed by atoms with van der Waals surface area (Å²) in [7, 11) is 8.35. The molecule has 0 aliphatic heterocycles. The molecular weight excluding hydrogens is 363 g/mol. The first-order valence-corrected chi connectivity index (χ1v) is 8.62. The Morgan fingerprint density at radius 2 is 1.22 bits per heavy atom. The summed E-state index contributed by atoms with van der Waals surface area (Å²) in [5, 5.41) is 22.8. The van der Waals surface area contributed by atoms with Gasteiger partial charge in [-0.05, 0) is 13.8 Å². The molecule has 0 spiro atoms. The number of nitrogens with zero attached hydrogens (tertiary/aromatic N) is 2. The number of hydrogen-bond acceptors (Lipinski definition) is 4. The molecule has 0 amide bonds. The number of halogens is 1. The molecule has 2 aromatic heterocycles. The third kappa shape index (κ3) is 6.38. The molecule has 0 saturated heterocycles. The van der Waals surface area contributed by atoms with Gasteiger partial charge in [0.1, 0.15) is 0 Å². The second kappa shape index (κ2) is 9.98. The van der Waals surface area contributed by atoms with Gasteiger partial charge in [0.25, 0.3) is 0 Å². The predicted molar refractivity (Wildman–Crippen MR) is 87.0 cm³/mol. The molecular formula is C15H19ClMnN2O4. The molecule has 0 fully saturated rings. The molecule has 6 nitrogen and oxygen atoms in total. The summed E-state index contributed by atoms with van der Waals surface area (Å²) in [5.41, 5.74) is 0.534. The van der Waals surface area contributed by atoms with Crippen molar-refractivity contribution in [2.45, 2.75) is 13.8 Å². The van der Waals surface area contributed by atoms with Gasteiger partial charge in [0.15, 0.2) is 11.5 Å². The van der Waals surface area contributed by atoms with Gasteiger partial charge in [-0.3, -0.25) is 9.59 Å². The van der Waals surface area contributed by atoms with Crippen LogP contribution < -0.4 is 10.9 Å². The number of hydrogen-bond donors (Lipinski definition) is 2. The fourth-order valence-corrected chi connectivity index (χ4v) is 1.43. The van der Waals surface area contributed by atoms with E-state index in [0.29, 0.717) is 11.4 Å². The molecule has 2 heterocycles. The maximum absolute atomic E-state index is 10.7. The van der Waals surface area contributed by atoms with Gasteiger partial charge in [0.2, 0.25) is 10.9 Å². The average molecular weight is 382 g/mol. The summed E-state index contributed by atoms with van der Waals surface area (Å²) >= 11 is 0.0347. The SMILES string of the molecule is Cc1c(O)c(=O)ccn1C.Cc1c(O)c(=O)ccn1C.[CH]#[Mn][Cl]. The Morgan fingerprint density at radius 3 is 1.43 bits per heavy atom. The van der Waals surface area contributed by atoms with Crippen LogP contribution in [0.5, 0.6) is 11.5 Å². The molecule has 2 aromatic rings. The topological polar surface area (TPSA) is 84.5 Å². The van der Waals surface area contributed by atoms with E-state index in [-0.39, 0.29) is 35.8 Å². The van der Waals surface area contributed by atoms with Gasteiger partial charge in [-0.25, -0.2) is 0 Å². The number of pyridine rings is 2. The van der Waals surface area contributed by atoms with Crippen LogP contribution in [0, 0.1) is 19.1 Å². The first-order chi connectivity index (χ1) is 10.7. The van der Waals surface area contributed by atoms with E-state index in [1.165, 1.54) is 12.1 Å². The molecule has 0 bridgehead atoms. The fraction of sp³-hybridized carbons (Fsp3) is 0.267. The molecule has 127 valence electrons. The average Bonchev–Trinajstić information content (AvgIpc) is 2.52. The summed E-state index contributed by atoms with van der Waals surface area (Å²) in [6.45, 7) is 3.38. The third-order valence-corrected chi connectivity index (χ3v) is 3.11. The van der Waals surface area contributed by atoms with E-state index in [1.807, 2.05) is 0 Å². The van der Waals surface area contributed by atoms with Gasteiger partial charge < -0.3 is 19.3 Å². The van der Waals surface area contributed by atoms with Gasteiger partial charge in [-0.2, -0.15) is 0 Å². The summed E-state index contributed by atoms with van der Waals surface area (Å²) in [6.07, 6.45) is 3.24. The van der Waals surface area contributed by atoms with Crippen LogP contribution in [-0.4, -0.2) is 19.3 Å². The molecule has 0 radical (unpaired) electrons. The van der Waals surface area contributed by atoms with Crippen LogP contribution in [0.25, 0.3) is 0 Å². The summed E-state index contributed by atoms with van der Waals surface area (Å²) in [6, 6.07) is 2.67. The van der Waals surface area contributed by atoms with E-state index in [2.05, 4.69) is 5.23 Å². The van der Waals surface area contributed by atoms with E-state index < -0.39 is 0 Å². The third-order valence-electron chi connectivity index (χ3n) is 3.11. The molecule has 0 aliphatic rings. The van der Waals surface area contributed by atoms with Crippen LogP contribution in [0.4, 0.5) is 0 Å². The van der Waals surface area contributed by atoms with Crippen molar-refractivity contribution in [3.05, 3.63) is 56.4 Å². The van der Waals surface area contributed by atoms with Gasteiger partial charge in [-0.1, -0.05) is 0 Å². The molecule has 0 aliphatic carbocycles. The summed E-state index contributed by atoms with van der Waals surface area (Å²) < 4.78 is 3.38. The van der Waals surface area contributed by atoms with Crippen molar-refractivity contribution in [2.75, 3.05) is 0 Å². The summed E-state index contributed by atoms with van der Waals surface area (Å²) in [5.74, 6) is -0.324. The maximum atomic E-state index is 10.7. The summed E-state index contributed by atoms with van der Waals surface area (Å²) in [4.78, 5) is 21.5. The Morgan fingerprint density at radius 1 is 0.957 bits per heavy atom. The number of rotatable bonds is 0. The predicted octanol–water partition coefficient (Wildman–Crippen LogP) is 1.61. The Hall–Kier alpha value is -1.91. The first-order valence-electron chi connectivity index (χ1n) is 6.32. The first kappa shape index (κ1) is 21.1. The minimum atomic E-state index is -0.324. The molecule has 0 aromatic carbocycles.